The summed E-state index contributed by atoms with van der Waals surface area (Å²) in [5.74, 6) is 0.0772. The summed E-state index contributed by atoms with van der Waals surface area (Å²) in [6.07, 6.45) is 1.96. The molecule has 1 aliphatic rings. The van der Waals surface area contributed by atoms with Crippen LogP contribution in [-0.4, -0.2) is 36.3 Å². The lowest BCUT2D eigenvalue weighted by molar-refractivity contribution is 0.292. The van der Waals surface area contributed by atoms with Gasteiger partial charge in [-0.3, -0.25) is 0 Å². The number of hydrogen-bond donors (Lipinski definition) is 3. The molecule has 0 amide bonds. The maximum absolute atomic E-state index is 12.1. The standard InChI is InChI=1S/C9H15N3O3S2/c10-8-7(17(14,15)6-2-3-6)9(16-12-8)11-4-1-5-13/h6,11,13H,1-5H2,(H2,10,12). The number of nitrogen functional groups attached to an aromatic ring is 1. The van der Waals surface area contributed by atoms with Gasteiger partial charge >= 0.3 is 0 Å². The second kappa shape index (κ2) is 4.79. The highest BCUT2D eigenvalue weighted by atomic mass is 32.2. The van der Waals surface area contributed by atoms with E-state index in [0.29, 0.717) is 30.8 Å². The molecule has 0 aromatic carbocycles. The quantitative estimate of drug-likeness (QED) is 0.652. The van der Waals surface area contributed by atoms with Crippen LogP contribution in [0, 0.1) is 0 Å². The van der Waals surface area contributed by atoms with E-state index < -0.39 is 9.84 Å². The first-order chi connectivity index (χ1) is 8.07. The Balaban J connectivity index is 2.23. The van der Waals surface area contributed by atoms with Crippen LogP contribution >= 0.6 is 11.5 Å². The molecule has 1 aromatic heterocycles. The summed E-state index contributed by atoms with van der Waals surface area (Å²) in [6.45, 7) is 0.567. The van der Waals surface area contributed by atoms with Crippen molar-refractivity contribution in [2.24, 2.45) is 0 Å². The van der Waals surface area contributed by atoms with E-state index in [4.69, 9.17) is 10.8 Å². The van der Waals surface area contributed by atoms with Gasteiger partial charge in [0.1, 0.15) is 9.90 Å². The predicted octanol–water partition coefficient (Wildman–Crippen LogP) is 0.456. The molecule has 0 unspecified atom stereocenters. The lowest BCUT2D eigenvalue weighted by Gasteiger charge is -2.06. The third-order valence-electron chi connectivity index (χ3n) is 2.54. The normalized spacial score (nSPS) is 16.1. The Morgan fingerprint density at radius 2 is 2.24 bits per heavy atom. The highest BCUT2D eigenvalue weighted by Crippen LogP contribution is 2.40. The molecular weight excluding hydrogens is 262 g/mol. The molecule has 0 atom stereocenters. The van der Waals surface area contributed by atoms with Gasteiger partial charge in [-0.05, 0) is 30.8 Å². The van der Waals surface area contributed by atoms with Crippen LogP contribution < -0.4 is 11.1 Å². The molecule has 0 saturated heterocycles. The van der Waals surface area contributed by atoms with Crippen molar-refractivity contribution in [3.63, 3.8) is 0 Å². The number of sulfone groups is 1. The van der Waals surface area contributed by atoms with Gasteiger partial charge in [-0.25, -0.2) is 8.42 Å². The average molecular weight is 277 g/mol. The van der Waals surface area contributed by atoms with E-state index in [2.05, 4.69) is 9.69 Å². The monoisotopic (exact) mass is 277 g/mol. The summed E-state index contributed by atoms with van der Waals surface area (Å²) in [5, 5.41) is 11.8. The smallest absolute Gasteiger partial charge is 0.187 e. The van der Waals surface area contributed by atoms with Crippen LogP contribution in [0.4, 0.5) is 10.8 Å². The Bertz CT molecular complexity index is 494. The van der Waals surface area contributed by atoms with Gasteiger partial charge in [-0.2, -0.15) is 4.37 Å². The van der Waals surface area contributed by atoms with Crippen LogP contribution in [0.3, 0.4) is 0 Å². The Morgan fingerprint density at radius 3 is 2.82 bits per heavy atom. The zero-order valence-corrected chi connectivity index (χ0v) is 10.9. The van der Waals surface area contributed by atoms with Crippen LogP contribution in [-0.2, 0) is 9.84 Å². The highest BCUT2D eigenvalue weighted by Gasteiger charge is 2.40. The molecule has 0 aliphatic heterocycles. The highest BCUT2D eigenvalue weighted by molar-refractivity contribution is 7.92. The van der Waals surface area contributed by atoms with Gasteiger partial charge < -0.3 is 16.2 Å². The molecule has 1 saturated carbocycles. The fourth-order valence-electron chi connectivity index (χ4n) is 1.51. The van der Waals surface area contributed by atoms with E-state index in [1.807, 2.05) is 0 Å². The zero-order chi connectivity index (χ0) is 12.5. The lowest BCUT2D eigenvalue weighted by atomic mass is 10.4. The predicted molar refractivity (Wildman–Crippen MR) is 66.9 cm³/mol. The number of hydrogen-bond acceptors (Lipinski definition) is 7. The fraction of sp³-hybridized carbons (Fsp3) is 0.667. The van der Waals surface area contributed by atoms with Crippen molar-refractivity contribution in [2.45, 2.75) is 29.4 Å². The van der Waals surface area contributed by atoms with Crippen molar-refractivity contribution in [1.82, 2.24) is 4.37 Å². The molecule has 0 bridgehead atoms. The molecule has 1 fully saturated rings. The number of anilines is 2. The molecule has 4 N–H and O–H groups in total. The van der Waals surface area contributed by atoms with Gasteiger partial charge in [0.05, 0.1) is 5.25 Å². The third-order valence-corrected chi connectivity index (χ3v) is 5.82. The summed E-state index contributed by atoms with van der Waals surface area (Å²) in [5.41, 5.74) is 5.63. The maximum atomic E-state index is 12.1. The molecule has 2 rings (SSSR count). The van der Waals surface area contributed by atoms with Crippen LogP contribution in [0.5, 0.6) is 0 Å². The minimum Gasteiger partial charge on any atom is -0.396 e. The summed E-state index contributed by atoms with van der Waals surface area (Å²) >= 11 is 1.05. The first-order valence-corrected chi connectivity index (χ1v) is 7.73. The Hall–Kier alpha value is -0.860. The molecule has 6 nitrogen and oxygen atoms in total. The number of rotatable bonds is 6. The van der Waals surface area contributed by atoms with Gasteiger partial charge in [0.15, 0.2) is 15.7 Å². The van der Waals surface area contributed by atoms with E-state index in [0.717, 1.165) is 11.5 Å². The number of aromatic nitrogens is 1. The van der Waals surface area contributed by atoms with Crippen LogP contribution in [0.25, 0.3) is 0 Å². The minimum atomic E-state index is -3.32. The van der Waals surface area contributed by atoms with Crippen LogP contribution in [0.1, 0.15) is 19.3 Å². The van der Waals surface area contributed by atoms with Crippen molar-refractivity contribution in [1.29, 1.82) is 0 Å². The van der Waals surface area contributed by atoms with Crippen molar-refractivity contribution in [3.05, 3.63) is 0 Å². The van der Waals surface area contributed by atoms with Gasteiger partial charge in [0.2, 0.25) is 0 Å². The fourth-order valence-corrected chi connectivity index (χ4v) is 4.42. The lowest BCUT2D eigenvalue weighted by Crippen LogP contribution is -2.12. The Morgan fingerprint density at radius 1 is 1.53 bits per heavy atom. The summed E-state index contributed by atoms with van der Waals surface area (Å²) in [7, 11) is -3.32. The first kappa shape index (κ1) is 12.6. The van der Waals surface area contributed by atoms with E-state index in [1.165, 1.54) is 0 Å². The van der Waals surface area contributed by atoms with Crippen LogP contribution in [0.15, 0.2) is 4.90 Å². The SMILES string of the molecule is Nc1nsc(NCCCO)c1S(=O)(=O)C1CC1. The summed E-state index contributed by atoms with van der Waals surface area (Å²) in [6, 6.07) is 0. The number of nitrogens with two attached hydrogens (primary N) is 1. The van der Waals surface area contributed by atoms with Crippen molar-refractivity contribution in [3.8, 4) is 0 Å². The Labute approximate surface area is 104 Å². The summed E-state index contributed by atoms with van der Waals surface area (Å²) in [4.78, 5) is 0.142. The molecule has 1 heterocycles. The molecule has 8 heteroatoms. The van der Waals surface area contributed by atoms with E-state index in [1.54, 1.807) is 0 Å². The third kappa shape index (κ3) is 2.53. The molecule has 17 heavy (non-hydrogen) atoms. The molecule has 1 aromatic rings. The minimum absolute atomic E-state index is 0.0615. The molecule has 96 valence electrons. The molecule has 0 spiro atoms. The van der Waals surface area contributed by atoms with Crippen molar-refractivity contribution in [2.75, 3.05) is 24.2 Å². The largest absolute Gasteiger partial charge is 0.396 e. The molecular formula is C9H15N3O3S2. The second-order valence-corrected chi connectivity index (χ2v) is 6.91. The molecule has 0 radical (unpaired) electrons. The van der Waals surface area contributed by atoms with Gasteiger partial charge in [-0.15, -0.1) is 0 Å². The zero-order valence-electron chi connectivity index (χ0n) is 9.22. The first-order valence-electron chi connectivity index (χ1n) is 5.41. The molecule has 1 aliphatic carbocycles. The number of nitrogens with one attached hydrogen (secondary N) is 1. The number of aliphatic hydroxyl groups is 1. The van der Waals surface area contributed by atoms with E-state index in [-0.39, 0.29) is 22.6 Å². The van der Waals surface area contributed by atoms with Gasteiger partial charge in [0, 0.05) is 13.2 Å². The maximum Gasteiger partial charge on any atom is 0.187 e. The topological polar surface area (TPSA) is 105 Å². The Kier molecular flexibility index (Phi) is 3.55. The number of aliphatic hydroxyl groups excluding tert-OH is 1. The van der Waals surface area contributed by atoms with Crippen LogP contribution in [0.2, 0.25) is 0 Å². The summed E-state index contributed by atoms with van der Waals surface area (Å²) < 4.78 is 28.1. The van der Waals surface area contributed by atoms with Gasteiger partial charge in [-0.1, -0.05) is 0 Å². The second-order valence-electron chi connectivity index (χ2n) is 3.97. The van der Waals surface area contributed by atoms with E-state index in [9.17, 15) is 8.42 Å². The van der Waals surface area contributed by atoms with Crippen molar-refractivity contribution >= 4 is 32.2 Å². The van der Waals surface area contributed by atoms with E-state index >= 15 is 0 Å². The van der Waals surface area contributed by atoms with Gasteiger partial charge in [0.25, 0.3) is 0 Å². The average Bonchev–Trinajstić information content (AvgIpc) is 3.05. The van der Waals surface area contributed by atoms with Crippen molar-refractivity contribution < 1.29 is 13.5 Å². The number of nitrogens with zero attached hydrogens (tertiary/aromatic N) is 1.